The maximum Gasteiger partial charge on any atom is 0.159 e. The average molecular weight is 751 g/mol. The second kappa shape index (κ2) is 13.8. The molecule has 1 atom stereocenters. The van der Waals surface area contributed by atoms with Crippen LogP contribution in [0.15, 0.2) is 179 Å². The topological polar surface area (TPSA) is 40.9 Å². The van der Waals surface area contributed by atoms with E-state index in [4.69, 9.17) is 15.0 Å². The number of aromatic nitrogens is 1. The molecule has 0 bridgehead atoms. The van der Waals surface area contributed by atoms with Gasteiger partial charge in [0, 0.05) is 49.3 Å². The van der Waals surface area contributed by atoms with Crippen LogP contribution in [-0.2, 0) is 6.42 Å². The summed E-state index contributed by atoms with van der Waals surface area (Å²) >= 11 is 1.86. The lowest BCUT2D eigenvalue weighted by Crippen LogP contribution is -2.41. The van der Waals surface area contributed by atoms with E-state index in [1.807, 2.05) is 17.4 Å². The fourth-order valence-corrected chi connectivity index (χ4v) is 10.00. The lowest BCUT2D eigenvalue weighted by atomic mass is 9.90. The Balaban J connectivity index is 1.08. The number of amidine groups is 2. The van der Waals surface area contributed by atoms with Crippen LogP contribution in [0.2, 0.25) is 0 Å². The molecule has 0 amide bonds. The predicted molar refractivity (Wildman–Crippen MR) is 242 cm³/mol. The van der Waals surface area contributed by atoms with E-state index in [-0.39, 0.29) is 6.17 Å². The monoisotopic (exact) mass is 750 g/mol. The molecule has 57 heavy (non-hydrogen) atoms. The van der Waals surface area contributed by atoms with Gasteiger partial charge in [0.15, 0.2) is 5.84 Å². The summed E-state index contributed by atoms with van der Waals surface area (Å²) in [7, 11) is 2.10. The largest absolute Gasteiger partial charge is 0.333 e. The third-order valence-corrected chi connectivity index (χ3v) is 12.8. The SMILES string of the molecule is CN1C(c2ccccc2)=NC(c2cccc(-c3ccc4c(c3)nc(-c3cc5c(c6ccccc36)C=CC=CC5)c3c5ccccc5sc43)c2)=NC1C1=CCCC=C1. The van der Waals surface area contributed by atoms with Crippen LogP contribution >= 0.6 is 11.3 Å². The number of nitrogens with zero attached hydrogens (tertiary/aromatic N) is 4. The Kier molecular flexibility index (Phi) is 8.14. The van der Waals surface area contributed by atoms with Crippen molar-refractivity contribution in [2.24, 2.45) is 9.98 Å². The molecule has 5 heteroatoms. The Morgan fingerprint density at radius 1 is 0.649 bits per heavy atom. The molecule has 0 fully saturated rings. The van der Waals surface area contributed by atoms with Crippen molar-refractivity contribution in [1.29, 1.82) is 0 Å². The first kappa shape index (κ1) is 33.6. The van der Waals surface area contributed by atoms with E-state index in [1.54, 1.807) is 0 Å². The highest BCUT2D eigenvalue weighted by Crippen LogP contribution is 2.46. The van der Waals surface area contributed by atoms with Crippen LogP contribution in [0.1, 0.15) is 35.1 Å². The summed E-state index contributed by atoms with van der Waals surface area (Å²) in [6.45, 7) is 0. The molecular formula is C52H38N4S. The molecule has 11 rings (SSSR count). The third kappa shape index (κ3) is 5.77. The van der Waals surface area contributed by atoms with Gasteiger partial charge in [-0.05, 0) is 82.1 Å². The highest BCUT2D eigenvalue weighted by molar-refractivity contribution is 7.26. The molecule has 0 saturated carbocycles. The summed E-state index contributed by atoms with van der Waals surface area (Å²) in [4.78, 5) is 18.3. The Bertz CT molecular complexity index is 3120. The van der Waals surface area contributed by atoms with Gasteiger partial charge in [-0.2, -0.15) is 0 Å². The molecule has 0 N–H and O–H groups in total. The molecule has 3 heterocycles. The normalized spacial score (nSPS) is 16.5. The summed E-state index contributed by atoms with van der Waals surface area (Å²) < 4.78 is 2.55. The smallest absolute Gasteiger partial charge is 0.159 e. The van der Waals surface area contributed by atoms with Gasteiger partial charge >= 0.3 is 0 Å². The molecule has 8 aromatic rings. The number of aliphatic imine (C=N–C) groups is 2. The molecule has 1 aliphatic heterocycles. The second-order valence-electron chi connectivity index (χ2n) is 15.0. The van der Waals surface area contributed by atoms with Crippen LogP contribution in [0.4, 0.5) is 0 Å². The zero-order valence-electron chi connectivity index (χ0n) is 31.6. The first-order chi connectivity index (χ1) is 28.2. The lowest BCUT2D eigenvalue weighted by molar-refractivity contribution is 0.420. The zero-order valence-corrected chi connectivity index (χ0v) is 32.4. The second-order valence-corrected chi connectivity index (χ2v) is 16.1. The number of hydrogen-bond acceptors (Lipinski definition) is 5. The Morgan fingerprint density at radius 3 is 2.32 bits per heavy atom. The summed E-state index contributed by atoms with van der Waals surface area (Å²) in [6, 6.07) is 45.9. The highest BCUT2D eigenvalue weighted by Gasteiger charge is 2.28. The zero-order chi connectivity index (χ0) is 37.9. The van der Waals surface area contributed by atoms with Crippen molar-refractivity contribution in [2.75, 3.05) is 7.05 Å². The maximum atomic E-state index is 5.64. The van der Waals surface area contributed by atoms with Crippen molar-refractivity contribution < 1.29 is 0 Å². The van der Waals surface area contributed by atoms with Crippen LogP contribution in [-0.4, -0.2) is 34.8 Å². The van der Waals surface area contributed by atoms with Gasteiger partial charge in [0.2, 0.25) is 0 Å². The summed E-state index contributed by atoms with van der Waals surface area (Å²) in [5.41, 5.74) is 11.3. The lowest BCUT2D eigenvalue weighted by Gasteiger charge is -2.33. The van der Waals surface area contributed by atoms with Gasteiger partial charge in [-0.3, -0.25) is 0 Å². The van der Waals surface area contributed by atoms with E-state index in [0.717, 1.165) is 64.4 Å². The molecule has 0 spiro atoms. The van der Waals surface area contributed by atoms with Gasteiger partial charge in [0.1, 0.15) is 12.0 Å². The van der Waals surface area contributed by atoms with Gasteiger partial charge < -0.3 is 4.90 Å². The van der Waals surface area contributed by atoms with Crippen LogP contribution in [0, 0.1) is 0 Å². The molecule has 272 valence electrons. The Morgan fingerprint density at radius 2 is 1.44 bits per heavy atom. The fourth-order valence-electron chi connectivity index (χ4n) is 8.76. The summed E-state index contributed by atoms with van der Waals surface area (Å²) in [5, 5.41) is 6.14. The number of benzene rings is 6. The maximum absolute atomic E-state index is 5.64. The average Bonchev–Trinajstić information content (AvgIpc) is 3.50. The molecule has 2 aliphatic carbocycles. The van der Waals surface area contributed by atoms with E-state index in [0.29, 0.717) is 0 Å². The number of pyridine rings is 1. The molecule has 0 radical (unpaired) electrons. The molecular weight excluding hydrogens is 713 g/mol. The minimum absolute atomic E-state index is 0.156. The van der Waals surface area contributed by atoms with Gasteiger partial charge in [-0.15, -0.1) is 11.3 Å². The number of rotatable bonds is 5. The van der Waals surface area contributed by atoms with Crippen molar-refractivity contribution in [3.05, 3.63) is 192 Å². The van der Waals surface area contributed by atoms with Crippen molar-refractivity contribution in [2.45, 2.75) is 25.4 Å². The molecule has 0 saturated heterocycles. The quantitative estimate of drug-likeness (QED) is 0.176. The highest BCUT2D eigenvalue weighted by atomic mass is 32.1. The van der Waals surface area contributed by atoms with Gasteiger partial charge in [-0.25, -0.2) is 15.0 Å². The van der Waals surface area contributed by atoms with E-state index in [9.17, 15) is 0 Å². The standard InChI is InChI=1S/C52H38N4S/c1-56-51(33-16-5-2-6-17-33)54-50(55-52(56)34-18-7-3-8-19-34)38-22-15-21-35(30-38)36-28-29-42-45(32-36)53-48(47-43-26-13-14-27-46(43)57-49(42)47)44-31-37-20-9-4-10-23-39(37)40-24-11-12-25-41(40)44/h2,4-7,9-19,21-32,52H,3,8,20H2,1H3. The molecule has 2 aromatic heterocycles. The predicted octanol–water partition coefficient (Wildman–Crippen LogP) is 13.0. The number of fused-ring (bicyclic) bond motifs is 8. The van der Waals surface area contributed by atoms with Crippen LogP contribution in [0.3, 0.4) is 0 Å². The minimum atomic E-state index is -0.156. The van der Waals surface area contributed by atoms with Crippen molar-refractivity contribution >= 4 is 70.9 Å². The van der Waals surface area contributed by atoms with Gasteiger partial charge in [-0.1, -0.05) is 146 Å². The van der Waals surface area contributed by atoms with Crippen molar-refractivity contribution in [3.8, 4) is 22.4 Å². The molecule has 3 aliphatic rings. The number of allylic oxidation sites excluding steroid dienone is 5. The molecule has 1 unspecified atom stereocenters. The summed E-state index contributed by atoms with van der Waals surface area (Å²) in [6.07, 6.45) is 18.4. The Hall–Kier alpha value is -6.69. The van der Waals surface area contributed by atoms with E-state index in [1.165, 1.54) is 58.6 Å². The fraction of sp³-hybridized carbons (Fsp3) is 0.0962. The minimum Gasteiger partial charge on any atom is -0.333 e. The first-order valence-corrected chi connectivity index (χ1v) is 20.5. The number of thiophene rings is 1. The van der Waals surface area contributed by atoms with E-state index < -0.39 is 0 Å². The first-order valence-electron chi connectivity index (χ1n) is 19.7. The van der Waals surface area contributed by atoms with Gasteiger partial charge in [0.05, 0.1) is 11.2 Å². The van der Waals surface area contributed by atoms with E-state index in [2.05, 4.69) is 176 Å². The van der Waals surface area contributed by atoms with Crippen LogP contribution < -0.4 is 0 Å². The molecule has 4 nitrogen and oxygen atoms in total. The van der Waals surface area contributed by atoms with E-state index >= 15 is 0 Å². The van der Waals surface area contributed by atoms with Gasteiger partial charge in [0.25, 0.3) is 0 Å². The molecule has 6 aromatic carbocycles. The van der Waals surface area contributed by atoms with Crippen molar-refractivity contribution in [3.63, 3.8) is 0 Å². The summed E-state index contributed by atoms with van der Waals surface area (Å²) in [5.74, 6) is 1.66. The van der Waals surface area contributed by atoms with Crippen molar-refractivity contribution in [1.82, 2.24) is 9.88 Å². The third-order valence-electron chi connectivity index (χ3n) is 11.5. The Labute approximate surface area is 335 Å². The van der Waals surface area contributed by atoms with Crippen LogP contribution in [0.25, 0.3) is 70.3 Å². The van der Waals surface area contributed by atoms with Crippen LogP contribution in [0.5, 0.6) is 0 Å². The number of hydrogen-bond donors (Lipinski definition) is 0. The number of likely N-dealkylation sites (N-methyl/N-ethyl adjacent to an activating group) is 1.